The van der Waals surface area contributed by atoms with Crippen molar-refractivity contribution in [2.75, 3.05) is 0 Å². The Hall–Kier alpha value is -1.53. The molecule has 0 aromatic heterocycles. The highest BCUT2D eigenvalue weighted by Crippen LogP contribution is 2.36. The van der Waals surface area contributed by atoms with Crippen LogP contribution in [0.4, 0.5) is 26.3 Å². The fourth-order valence-electron chi connectivity index (χ4n) is 1.80. The Balaban J connectivity index is 3.17. The molecule has 0 N–H and O–H groups in total. The third-order valence-electron chi connectivity index (χ3n) is 2.92. The van der Waals surface area contributed by atoms with Crippen LogP contribution >= 0.6 is 0 Å². The van der Waals surface area contributed by atoms with Gasteiger partial charge in [0.15, 0.2) is 5.78 Å². The van der Waals surface area contributed by atoms with Gasteiger partial charge >= 0.3 is 12.4 Å². The molecule has 0 saturated carbocycles. The number of hydrogen-bond acceptors (Lipinski definition) is 1. The Kier molecular flexibility index (Phi) is 5.42. The van der Waals surface area contributed by atoms with E-state index in [9.17, 15) is 31.1 Å². The first kappa shape index (κ1) is 17.5. The first-order chi connectivity index (χ1) is 9.55. The first-order valence-corrected chi connectivity index (χ1v) is 6.38. The lowest BCUT2D eigenvalue weighted by Gasteiger charge is -2.13. The predicted octanol–water partition coefficient (Wildman–Crippen LogP) is 5.49. The molecule has 0 amide bonds. The molecule has 0 spiro atoms. The fraction of sp³-hybridized carbons (Fsp3) is 0.500. The molecule has 0 aliphatic rings. The molecule has 1 nitrogen and oxygen atoms in total. The number of alkyl halides is 6. The summed E-state index contributed by atoms with van der Waals surface area (Å²) in [4.78, 5) is 11.7. The van der Waals surface area contributed by atoms with Gasteiger partial charge in [-0.1, -0.05) is 19.8 Å². The molecule has 0 heterocycles. The van der Waals surface area contributed by atoms with E-state index in [1.54, 1.807) is 0 Å². The van der Waals surface area contributed by atoms with Gasteiger partial charge in [0.2, 0.25) is 0 Å². The highest BCUT2D eigenvalue weighted by molar-refractivity contribution is 5.96. The van der Waals surface area contributed by atoms with Crippen LogP contribution in [0.2, 0.25) is 0 Å². The van der Waals surface area contributed by atoms with Crippen LogP contribution in [0.25, 0.3) is 0 Å². The summed E-state index contributed by atoms with van der Waals surface area (Å²) in [5.41, 5.74) is -3.47. The number of carbonyl (C=O) groups excluding carboxylic acids is 1. The van der Waals surface area contributed by atoms with Gasteiger partial charge in [-0.3, -0.25) is 4.79 Å². The van der Waals surface area contributed by atoms with Crippen LogP contribution in [-0.2, 0) is 12.4 Å². The minimum Gasteiger partial charge on any atom is -0.294 e. The van der Waals surface area contributed by atoms with Crippen molar-refractivity contribution < 1.29 is 31.1 Å². The molecular weight excluding hydrogens is 298 g/mol. The Morgan fingerprint density at radius 3 is 1.76 bits per heavy atom. The summed E-state index contributed by atoms with van der Waals surface area (Å²) in [7, 11) is 0. The van der Waals surface area contributed by atoms with Gasteiger partial charge in [-0.05, 0) is 24.6 Å². The van der Waals surface area contributed by atoms with Crippen molar-refractivity contribution in [3.8, 4) is 0 Å². The number of ketones is 1. The number of halogens is 6. The van der Waals surface area contributed by atoms with E-state index in [1.165, 1.54) is 0 Å². The lowest BCUT2D eigenvalue weighted by atomic mass is 9.99. The van der Waals surface area contributed by atoms with E-state index in [1.807, 2.05) is 6.92 Å². The summed E-state index contributed by atoms with van der Waals surface area (Å²) in [6.07, 6.45) is -8.00. The molecule has 21 heavy (non-hydrogen) atoms. The summed E-state index contributed by atoms with van der Waals surface area (Å²) in [5, 5.41) is 0. The van der Waals surface area contributed by atoms with Crippen LogP contribution in [0.1, 0.15) is 54.1 Å². The number of Topliss-reactive ketones (excluding diaryl/α,β-unsaturated/α-hetero) is 1. The maximum atomic E-state index is 12.6. The molecule has 0 atom stereocenters. The number of unbranched alkanes of at least 4 members (excludes halogenated alkanes) is 2. The molecule has 0 aliphatic carbocycles. The summed E-state index contributed by atoms with van der Waals surface area (Å²) < 4.78 is 75.8. The minimum atomic E-state index is -4.93. The maximum absolute atomic E-state index is 12.6. The van der Waals surface area contributed by atoms with Gasteiger partial charge in [0.1, 0.15) is 0 Å². The van der Waals surface area contributed by atoms with E-state index in [-0.39, 0.29) is 12.5 Å². The first-order valence-electron chi connectivity index (χ1n) is 6.38. The van der Waals surface area contributed by atoms with E-state index in [0.717, 1.165) is 6.42 Å². The van der Waals surface area contributed by atoms with Crippen LogP contribution in [0, 0.1) is 0 Å². The minimum absolute atomic E-state index is 0.0167. The molecule has 0 saturated heterocycles. The van der Waals surface area contributed by atoms with Crippen LogP contribution in [0.3, 0.4) is 0 Å². The van der Waals surface area contributed by atoms with Gasteiger partial charge in [-0.15, -0.1) is 0 Å². The zero-order chi connectivity index (χ0) is 16.3. The molecule has 0 unspecified atom stereocenters. The van der Waals surface area contributed by atoms with E-state index < -0.39 is 34.8 Å². The summed E-state index contributed by atoms with van der Waals surface area (Å²) in [6.45, 7) is 1.87. The molecule has 7 heteroatoms. The molecule has 1 aromatic rings. The van der Waals surface area contributed by atoms with Crippen LogP contribution in [0.5, 0.6) is 0 Å². The molecule has 0 fully saturated rings. The highest BCUT2D eigenvalue weighted by atomic mass is 19.4. The average Bonchev–Trinajstić information content (AvgIpc) is 2.36. The third kappa shape index (κ3) is 5.06. The smallest absolute Gasteiger partial charge is 0.294 e. The quantitative estimate of drug-likeness (QED) is 0.399. The van der Waals surface area contributed by atoms with Gasteiger partial charge < -0.3 is 0 Å². The van der Waals surface area contributed by atoms with E-state index >= 15 is 0 Å². The Bertz CT molecular complexity index is 469. The van der Waals surface area contributed by atoms with Gasteiger partial charge in [0.25, 0.3) is 0 Å². The van der Waals surface area contributed by atoms with Gasteiger partial charge in [0, 0.05) is 12.0 Å². The Morgan fingerprint density at radius 2 is 1.38 bits per heavy atom. The number of rotatable bonds is 5. The van der Waals surface area contributed by atoms with Crippen molar-refractivity contribution in [1.29, 1.82) is 0 Å². The van der Waals surface area contributed by atoms with E-state index in [4.69, 9.17) is 0 Å². The maximum Gasteiger partial charge on any atom is 0.416 e. The van der Waals surface area contributed by atoms with E-state index in [2.05, 4.69) is 0 Å². The lowest BCUT2D eigenvalue weighted by molar-refractivity contribution is -0.143. The second kappa shape index (κ2) is 6.49. The van der Waals surface area contributed by atoms with Gasteiger partial charge in [-0.2, -0.15) is 26.3 Å². The monoisotopic (exact) mass is 312 g/mol. The van der Waals surface area contributed by atoms with Crippen molar-refractivity contribution in [1.82, 2.24) is 0 Å². The largest absolute Gasteiger partial charge is 0.416 e. The summed E-state index contributed by atoms with van der Waals surface area (Å²) in [6, 6.07) is 0.968. The van der Waals surface area contributed by atoms with Crippen molar-refractivity contribution in [2.24, 2.45) is 0 Å². The molecule has 1 aromatic carbocycles. The average molecular weight is 312 g/mol. The second-order valence-corrected chi connectivity index (χ2v) is 4.67. The Labute approximate surface area is 118 Å². The number of hydrogen-bond donors (Lipinski definition) is 0. The number of carbonyl (C=O) groups is 1. The van der Waals surface area contributed by atoms with Gasteiger partial charge in [-0.25, -0.2) is 0 Å². The zero-order valence-corrected chi connectivity index (χ0v) is 11.2. The standard InChI is InChI=1S/C14H14F6O/c1-2-3-4-5-12(21)9-6-10(13(15,16)17)8-11(7-9)14(18,19)20/h6-8H,2-5H2,1H3. The predicted molar refractivity (Wildman–Crippen MR) is 64.9 cm³/mol. The second-order valence-electron chi connectivity index (χ2n) is 4.67. The topological polar surface area (TPSA) is 17.1 Å². The molecule has 0 radical (unpaired) electrons. The summed E-state index contributed by atoms with van der Waals surface area (Å²) >= 11 is 0. The van der Waals surface area contributed by atoms with Crippen LogP contribution in [-0.4, -0.2) is 5.78 Å². The zero-order valence-electron chi connectivity index (χ0n) is 11.2. The highest BCUT2D eigenvalue weighted by Gasteiger charge is 2.37. The van der Waals surface area contributed by atoms with Crippen LogP contribution in [0.15, 0.2) is 18.2 Å². The van der Waals surface area contributed by atoms with Gasteiger partial charge in [0.05, 0.1) is 11.1 Å². The molecule has 118 valence electrons. The lowest BCUT2D eigenvalue weighted by Crippen LogP contribution is -2.13. The van der Waals surface area contributed by atoms with Crippen LogP contribution < -0.4 is 0 Å². The molecule has 0 aliphatic heterocycles. The number of benzene rings is 1. The van der Waals surface area contributed by atoms with Crippen molar-refractivity contribution >= 4 is 5.78 Å². The van der Waals surface area contributed by atoms with Crippen molar-refractivity contribution in [2.45, 2.75) is 45.0 Å². The molecule has 0 bridgehead atoms. The van der Waals surface area contributed by atoms with Crippen molar-refractivity contribution in [3.05, 3.63) is 34.9 Å². The summed E-state index contributed by atoms with van der Waals surface area (Å²) in [5.74, 6) is -0.708. The third-order valence-corrected chi connectivity index (χ3v) is 2.92. The molecular formula is C14H14F6O. The molecule has 1 rings (SSSR count). The fourth-order valence-corrected chi connectivity index (χ4v) is 1.80. The SMILES string of the molecule is CCCCCC(=O)c1cc(C(F)(F)F)cc(C(F)(F)F)c1. The Morgan fingerprint density at radius 1 is 0.905 bits per heavy atom. The normalized spacial score (nSPS) is 12.5. The van der Waals surface area contributed by atoms with E-state index in [0.29, 0.717) is 25.0 Å². The van der Waals surface area contributed by atoms with Crippen molar-refractivity contribution in [3.63, 3.8) is 0 Å².